The first-order chi connectivity index (χ1) is 18.0. The number of carbonyl (C=O) groups is 2. The van der Waals surface area contributed by atoms with Crippen LogP contribution in [0.1, 0.15) is 57.6 Å². The number of carbonyl (C=O) groups excluding carboxylic acids is 2. The Hall–Kier alpha value is -2.62. The second kappa shape index (κ2) is 15.7. The molecule has 2 atom stereocenters. The Labute approximate surface area is 231 Å². The monoisotopic (exact) mass is 575 g/mol. The van der Waals surface area contributed by atoms with E-state index in [1.807, 2.05) is 0 Å². The van der Waals surface area contributed by atoms with Crippen molar-refractivity contribution in [2.75, 3.05) is 13.2 Å². The standard InChI is InChI=1S/C27H33Cl2F2NO6/c1-4-20(28)19(21(29)5-2)14-24(37-26(34)22(32)7-6-12-35-16(3)33)18-10-11-23(38-27(30)31)25(13-18)36-15-17-8-9-17/h4-5,10-11,13,17,22,24,27H,1,6-9,12,14-15,32H2,2-3H3/b20-19+,21-5+/t22-,24+/m1/s1. The molecule has 0 radical (unpaired) electrons. The zero-order chi connectivity index (χ0) is 28.2. The van der Waals surface area contributed by atoms with Crippen molar-refractivity contribution in [1.82, 2.24) is 0 Å². The Morgan fingerprint density at radius 3 is 2.53 bits per heavy atom. The molecule has 1 fully saturated rings. The minimum Gasteiger partial charge on any atom is -0.489 e. The number of esters is 2. The molecule has 0 unspecified atom stereocenters. The lowest BCUT2D eigenvalue weighted by molar-refractivity contribution is -0.151. The molecule has 0 aliphatic heterocycles. The van der Waals surface area contributed by atoms with Gasteiger partial charge in [-0.3, -0.25) is 9.59 Å². The molecule has 0 bridgehead atoms. The van der Waals surface area contributed by atoms with E-state index in [0.29, 0.717) is 35.1 Å². The molecule has 1 aliphatic rings. The lowest BCUT2D eigenvalue weighted by atomic mass is 9.99. The number of benzene rings is 1. The minimum absolute atomic E-state index is 0.0387. The van der Waals surface area contributed by atoms with Gasteiger partial charge < -0.3 is 24.7 Å². The van der Waals surface area contributed by atoms with Crippen LogP contribution in [0.3, 0.4) is 0 Å². The minimum atomic E-state index is -3.04. The van der Waals surface area contributed by atoms with Gasteiger partial charge in [-0.1, -0.05) is 48.0 Å². The predicted molar refractivity (Wildman–Crippen MR) is 141 cm³/mol. The molecule has 38 heavy (non-hydrogen) atoms. The van der Waals surface area contributed by atoms with Gasteiger partial charge in [0.25, 0.3) is 0 Å². The molecule has 11 heteroatoms. The summed E-state index contributed by atoms with van der Waals surface area (Å²) >= 11 is 12.7. The van der Waals surface area contributed by atoms with E-state index in [-0.39, 0.29) is 36.0 Å². The van der Waals surface area contributed by atoms with Gasteiger partial charge in [0, 0.05) is 23.4 Å². The van der Waals surface area contributed by atoms with Gasteiger partial charge in [0.2, 0.25) is 0 Å². The summed E-state index contributed by atoms with van der Waals surface area (Å²) in [5, 5.41) is 0.576. The first-order valence-electron chi connectivity index (χ1n) is 12.2. The van der Waals surface area contributed by atoms with Gasteiger partial charge in [-0.2, -0.15) is 8.78 Å². The number of alkyl halides is 2. The van der Waals surface area contributed by atoms with Gasteiger partial charge in [-0.05, 0) is 61.8 Å². The van der Waals surface area contributed by atoms with Crippen LogP contribution < -0.4 is 15.2 Å². The molecule has 0 spiro atoms. The van der Waals surface area contributed by atoms with Crippen molar-refractivity contribution < 1.29 is 37.3 Å². The van der Waals surface area contributed by atoms with Crippen LogP contribution in [-0.2, 0) is 19.1 Å². The number of hydrogen-bond acceptors (Lipinski definition) is 7. The van der Waals surface area contributed by atoms with Gasteiger partial charge in [0.05, 0.1) is 13.2 Å². The first kappa shape index (κ1) is 31.6. The predicted octanol–water partition coefficient (Wildman–Crippen LogP) is 6.54. The van der Waals surface area contributed by atoms with Crippen LogP contribution >= 0.6 is 23.2 Å². The largest absolute Gasteiger partial charge is 0.489 e. The zero-order valence-electron chi connectivity index (χ0n) is 21.4. The summed E-state index contributed by atoms with van der Waals surface area (Å²) in [7, 11) is 0. The van der Waals surface area contributed by atoms with Crippen molar-refractivity contribution in [2.24, 2.45) is 11.7 Å². The molecule has 1 saturated carbocycles. The van der Waals surface area contributed by atoms with Crippen LogP contribution in [0, 0.1) is 5.92 Å². The fourth-order valence-electron chi connectivity index (χ4n) is 3.41. The second-order valence-electron chi connectivity index (χ2n) is 8.72. The van der Waals surface area contributed by atoms with Crippen LogP contribution in [0.15, 0.2) is 52.6 Å². The number of nitrogens with two attached hydrogens (primary N) is 1. The number of halogens is 4. The number of rotatable bonds is 16. The van der Waals surface area contributed by atoms with Crippen LogP contribution in [0.25, 0.3) is 0 Å². The van der Waals surface area contributed by atoms with Crippen molar-refractivity contribution in [2.45, 2.75) is 64.7 Å². The Bertz CT molecular complexity index is 1040. The number of hydrogen-bond donors (Lipinski definition) is 1. The molecule has 0 heterocycles. The molecule has 1 aliphatic carbocycles. The Morgan fingerprint density at radius 1 is 1.24 bits per heavy atom. The quantitative estimate of drug-likeness (QED) is 0.136. The summed E-state index contributed by atoms with van der Waals surface area (Å²) in [6.45, 7) is 4.10. The lowest BCUT2D eigenvalue weighted by Crippen LogP contribution is -2.33. The Morgan fingerprint density at radius 2 is 1.95 bits per heavy atom. The van der Waals surface area contributed by atoms with Crippen LogP contribution in [0.2, 0.25) is 0 Å². The Kier molecular flexibility index (Phi) is 13.1. The van der Waals surface area contributed by atoms with E-state index in [1.165, 1.54) is 31.2 Å². The maximum Gasteiger partial charge on any atom is 0.387 e. The SMILES string of the molecule is C=C/C(Cl)=C(C[C@H](OC(=O)[C@H](N)CCCOC(C)=O)c1ccc(OC(F)F)c(OCC2CC2)c1)\C(Cl)=C/C. The van der Waals surface area contributed by atoms with Gasteiger partial charge in [0.1, 0.15) is 12.1 Å². The van der Waals surface area contributed by atoms with E-state index in [2.05, 4.69) is 11.3 Å². The highest BCUT2D eigenvalue weighted by molar-refractivity contribution is 6.36. The van der Waals surface area contributed by atoms with Crippen LogP contribution in [0.4, 0.5) is 8.78 Å². The molecular formula is C27H33Cl2F2NO6. The Balaban J connectivity index is 2.36. The molecule has 0 aromatic heterocycles. The van der Waals surface area contributed by atoms with E-state index in [0.717, 1.165) is 12.8 Å². The maximum atomic E-state index is 13.0. The summed E-state index contributed by atoms with van der Waals surface area (Å²) in [5.74, 6) is -0.829. The topological polar surface area (TPSA) is 97.1 Å². The molecule has 1 aromatic carbocycles. The van der Waals surface area contributed by atoms with Gasteiger partial charge in [-0.15, -0.1) is 0 Å². The van der Waals surface area contributed by atoms with E-state index < -0.39 is 30.7 Å². The fourth-order valence-corrected chi connectivity index (χ4v) is 3.81. The van der Waals surface area contributed by atoms with E-state index in [1.54, 1.807) is 13.0 Å². The average molecular weight is 576 g/mol. The van der Waals surface area contributed by atoms with Crippen molar-refractivity contribution >= 4 is 35.1 Å². The molecule has 210 valence electrons. The normalized spacial score (nSPS) is 15.8. The summed E-state index contributed by atoms with van der Waals surface area (Å²) in [4.78, 5) is 23.9. The average Bonchev–Trinajstić information content (AvgIpc) is 3.71. The van der Waals surface area contributed by atoms with Gasteiger partial charge in [-0.25, -0.2) is 0 Å². The van der Waals surface area contributed by atoms with Crippen molar-refractivity contribution in [3.05, 3.63) is 58.1 Å². The molecule has 0 saturated heterocycles. The third-order valence-electron chi connectivity index (χ3n) is 5.65. The van der Waals surface area contributed by atoms with Crippen LogP contribution in [0.5, 0.6) is 11.5 Å². The van der Waals surface area contributed by atoms with Crippen molar-refractivity contribution in [3.8, 4) is 11.5 Å². The van der Waals surface area contributed by atoms with E-state index in [4.69, 9.17) is 43.1 Å². The summed E-state index contributed by atoms with van der Waals surface area (Å²) < 4.78 is 47.0. The van der Waals surface area contributed by atoms with Crippen molar-refractivity contribution in [3.63, 3.8) is 0 Å². The fraction of sp³-hybridized carbons (Fsp3) is 0.481. The third-order valence-corrected chi connectivity index (χ3v) is 6.48. The maximum absolute atomic E-state index is 13.0. The lowest BCUT2D eigenvalue weighted by Gasteiger charge is -2.23. The highest BCUT2D eigenvalue weighted by Crippen LogP contribution is 2.39. The summed E-state index contributed by atoms with van der Waals surface area (Å²) in [5.41, 5.74) is 6.92. The molecule has 0 amide bonds. The molecule has 2 N–H and O–H groups in total. The van der Waals surface area contributed by atoms with Crippen molar-refractivity contribution in [1.29, 1.82) is 0 Å². The second-order valence-corrected chi connectivity index (χ2v) is 9.54. The summed E-state index contributed by atoms with van der Waals surface area (Å²) in [6, 6.07) is 3.32. The first-order valence-corrected chi connectivity index (χ1v) is 13.0. The summed E-state index contributed by atoms with van der Waals surface area (Å²) in [6.07, 6.45) is 4.68. The smallest absolute Gasteiger partial charge is 0.387 e. The zero-order valence-corrected chi connectivity index (χ0v) is 22.9. The van der Waals surface area contributed by atoms with Gasteiger partial charge in [0.15, 0.2) is 11.5 Å². The molecule has 1 aromatic rings. The molecular weight excluding hydrogens is 543 g/mol. The van der Waals surface area contributed by atoms with E-state index >= 15 is 0 Å². The molecule has 2 rings (SSSR count). The van der Waals surface area contributed by atoms with Crippen LogP contribution in [-0.4, -0.2) is 37.8 Å². The highest BCUT2D eigenvalue weighted by Gasteiger charge is 2.27. The number of allylic oxidation sites excluding steroid dienone is 4. The highest BCUT2D eigenvalue weighted by atomic mass is 35.5. The third kappa shape index (κ3) is 10.6. The number of ether oxygens (including phenoxy) is 4. The van der Waals surface area contributed by atoms with Gasteiger partial charge >= 0.3 is 18.6 Å². The molecule has 7 nitrogen and oxygen atoms in total. The van der Waals surface area contributed by atoms with E-state index in [9.17, 15) is 18.4 Å².